The van der Waals surface area contributed by atoms with Crippen LogP contribution in [0, 0.1) is 24.2 Å². The molecule has 1 amide bonds. The summed E-state index contributed by atoms with van der Waals surface area (Å²) in [5, 5.41) is 12.0. The second-order valence-corrected chi connectivity index (χ2v) is 6.10. The van der Waals surface area contributed by atoms with E-state index >= 15 is 0 Å². The van der Waals surface area contributed by atoms with Crippen molar-refractivity contribution < 1.29 is 9.53 Å². The van der Waals surface area contributed by atoms with Crippen LogP contribution in [0.25, 0.3) is 11.4 Å². The van der Waals surface area contributed by atoms with Crippen molar-refractivity contribution in [3.05, 3.63) is 35.7 Å². The number of nitriles is 1. The van der Waals surface area contributed by atoms with E-state index in [2.05, 4.69) is 21.4 Å². The third-order valence-corrected chi connectivity index (χ3v) is 4.39. The number of aromatic amines is 1. The van der Waals surface area contributed by atoms with Gasteiger partial charge in [0.2, 0.25) is 0 Å². The number of carbonyl (C=O) groups excluding carboxylic acids is 1. The standard InChI is InChI=1S/C18H20N4O2/c1-11-16(18(23)21-14-7-6-12(8-14)10-19)22-17(20-11)13-4-3-5-15(9-13)24-2/h3-5,9,12,14H,6-8H2,1-2H3,(H,20,22)(H,21,23)/t12-,14+/m0/s1. The molecule has 0 radical (unpaired) electrons. The molecule has 2 N–H and O–H groups in total. The molecule has 1 heterocycles. The Kier molecular flexibility index (Phi) is 4.52. The molecule has 0 saturated heterocycles. The smallest absolute Gasteiger partial charge is 0.271 e. The van der Waals surface area contributed by atoms with Gasteiger partial charge in [-0.05, 0) is 38.3 Å². The fraction of sp³-hybridized carbons (Fsp3) is 0.389. The maximum absolute atomic E-state index is 12.5. The maximum Gasteiger partial charge on any atom is 0.271 e. The second-order valence-electron chi connectivity index (χ2n) is 6.10. The van der Waals surface area contributed by atoms with Crippen LogP contribution >= 0.6 is 0 Å². The van der Waals surface area contributed by atoms with Gasteiger partial charge in [-0.25, -0.2) is 4.98 Å². The molecule has 0 spiro atoms. The summed E-state index contributed by atoms with van der Waals surface area (Å²) < 4.78 is 5.22. The third-order valence-electron chi connectivity index (χ3n) is 4.39. The highest BCUT2D eigenvalue weighted by atomic mass is 16.5. The normalized spacial score (nSPS) is 19.7. The molecule has 0 unspecified atom stereocenters. The number of aromatic nitrogens is 2. The first-order valence-corrected chi connectivity index (χ1v) is 8.02. The minimum absolute atomic E-state index is 0.0444. The van der Waals surface area contributed by atoms with Crippen molar-refractivity contribution in [2.75, 3.05) is 7.11 Å². The summed E-state index contributed by atoms with van der Waals surface area (Å²) in [7, 11) is 1.61. The Bertz CT molecular complexity index is 791. The molecule has 24 heavy (non-hydrogen) atoms. The van der Waals surface area contributed by atoms with E-state index in [9.17, 15) is 4.79 Å². The van der Waals surface area contributed by atoms with Crippen molar-refractivity contribution in [3.8, 4) is 23.2 Å². The van der Waals surface area contributed by atoms with Crippen LogP contribution in [0.4, 0.5) is 0 Å². The molecule has 124 valence electrons. The lowest BCUT2D eigenvalue weighted by Crippen LogP contribution is -2.33. The van der Waals surface area contributed by atoms with Gasteiger partial charge in [0.1, 0.15) is 17.3 Å². The van der Waals surface area contributed by atoms with Gasteiger partial charge in [0.15, 0.2) is 0 Å². The molecule has 1 fully saturated rings. The van der Waals surface area contributed by atoms with E-state index in [0.717, 1.165) is 29.8 Å². The monoisotopic (exact) mass is 324 g/mol. The molecule has 0 bridgehead atoms. The number of ether oxygens (including phenoxy) is 1. The first-order chi connectivity index (χ1) is 11.6. The third kappa shape index (κ3) is 3.25. The molecule has 1 aliphatic rings. The van der Waals surface area contributed by atoms with Gasteiger partial charge in [0, 0.05) is 23.2 Å². The maximum atomic E-state index is 12.5. The molecule has 1 saturated carbocycles. The molecule has 2 aromatic rings. The molecule has 3 rings (SSSR count). The van der Waals surface area contributed by atoms with Gasteiger partial charge in [-0.1, -0.05) is 12.1 Å². The zero-order valence-electron chi connectivity index (χ0n) is 13.8. The van der Waals surface area contributed by atoms with Gasteiger partial charge in [0.25, 0.3) is 5.91 Å². The number of hydrogen-bond donors (Lipinski definition) is 2. The van der Waals surface area contributed by atoms with Crippen LogP contribution in [-0.2, 0) is 0 Å². The second kappa shape index (κ2) is 6.75. The largest absolute Gasteiger partial charge is 0.497 e. The Balaban J connectivity index is 1.76. The van der Waals surface area contributed by atoms with Gasteiger partial charge in [0.05, 0.1) is 13.2 Å². The van der Waals surface area contributed by atoms with E-state index < -0.39 is 0 Å². The fourth-order valence-electron chi connectivity index (χ4n) is 3.07. The summed E-state index contributed by atoms with van der Waals surface area (Å²) in [5.41, 5.74) is 1.98. The van der Waals surface area contributed by atoms with Crippen LogP contribution < -0.4 is 10.1 Å². The number of hydrogen-bond acceptors (Lipinski definition) is 4. The van der Waals surface area contributed by atoms with Crippen molar-refractivity contribution in [1.29, 1.82) is 5.26 Å². The molecule has 1 aromatic heterocycles. The molecular weight excluding hydrogens is 304 g/mol. The van der Waals surface area contributed by atoms with E-state index in [-0.39, 0.29) is 17.9 Å². The van der Waals surface area contributed by atoms with Gasteiger partial charge >= 0.3 is 0 Å². The number of methoxy groups -OCH3 is 1. The van der Waals surface area contributed by atoms with E-state index in [1.165, 1.54) is 0 Å². The van der Waals surface area contributed by atoms with Crippen LogP contribution in [0.15, 0.2) is 24.3 Å². The number of benzene rings is 1. The SMILES string of the molecule is COc1cccc(-c2nc(C(=O)N[C@@H]3CC[C@H](C#N)C3)c(C)[nH]2)c1. The Morgan fingerprint density at radius 3 is 3.00 bits per heavy atom. The molecule has 1 aliphatic carbocycles. The number of amides is 1. The number of nitrogens with one attached hydrogen (secondary N) is 2. The van der Waals surface area contributed by atoms with Crippen molar-refractivity contribution in [1.82, 2.24) is 15.3 Å². The predicted octanol–water partition coefficient (Wildman–Crippen LogP) is 2.82. The molecular formula is C18H20N4O2. The van der Waals surface area contributed by atoms with E-state index in [4.69, 9.17) is 10.00 Å². The van der Waals surface area contributed by atoms with E-state index in [0.29, 0.717) is 17.9 Å². The summed E-state index contributed by atoms with van der Waals surface area (Å²) in [6.07, 6.45) is 2.40. The summed E-state index contributed by atoms with van der Waals surface area (Å²) in [4.78, 5) is 20.1. The molecule has 1 aromatic carbocycles. The first-order valence-electron chi connectivity index (χ1n) is 8.02. The summed E-state index contributed by atoms with van der Waals surface area (Å²) in [6.45, 7) is 1.83. The van der Waals surface area contributed by atoms with Crippen molar-refractivity contribution in [3.63, 3.8) is 0 Å². The summed E-state index contributed by atoms with van der Waals surface area (Å²) in [6, 6.07) is 9.85. The number of imidazole rings is 1. The van der Waals surface area contributed by atoms with Crippen LogP contribution in [0.3, 0.4) is 0 Å². The lowest BCUT2D eigenvalue weighted by molar-refractivity contribution is 0.0932. The zero-order chi connectivity index (χ0) is 17.1. The minimum atomic E-state index is -0.193. The number of carbonyl (C=O) groups is 1. The Morgan fingerprint density at radius 1 is 1.46 bits per heavy atom. The van der Waals surface area contributed by atoms with Gasteiger partial charge < -0.3 is 15.0 Å². The van der Waals surface area contributed by atoms with Gasteiger partial charge in [-0.3, -0.25) is 4.79 Å². The quantitative estimate of drug-likeness (QED) is 0.904. The lowest BCUT2D eigenvalue weighted by Gasteiger charge is -2.10. The van der Waals surface area contributed by atoms with Crippen LogP contribution in [0.1, 0.15) is 35.4 Å². The fourth-order valence-corrected chi connectivity index (χ4v) is 3.07. The predicted molar refractivity (Wildman–Crippen MR) is 89.5 cm³/mol. The highest BCUT2D eigenvalue weighted by Crippen LogP contribution is 2.26. The Labute approximate surface area is 140 Å². The Morgan fingerprint density at radius 2 is 2.29 bits per heavy atom. The van der Waals surface area contributed by atoms with Crippen LogP contribution in [0.5, 0.6) is 5.75 Å². The van der Waals surface area contributed by atoms with Crippen molar-refractivity contribution >= 4 is 5.91 Å². The van der Waals surface area contributed by atoms with Gasteiger partial charge in [-0.2, -0.15) is 5.26 Å². The number of aryl methyl sites for hydroxylation is 1. The van der Waals surface area contributed by atoms with Crippen LogP contribution in [0.2, 0.25) is 0 Å². The zero-order valence-corrected chi connectivity index (χ0v) is 13.8. The highest BCUT2D eigenvalue weighted by molar-refractivity contribution is 5.94. The molecule has 6 nitrogen and oxygen atoms in total. The molecule has 0 aliphatic heterocycles. The molecule has 6 heteroatoms. The van der Waals surface area contributed by atoms with Crippen LogP contribution in [-0.4, -0.2) is 29.0 Å². The summed E-state index contributed by atoms with van der Waals surface area (Å²) in [5.74, 6) is 1.23. The molecule has 2 atom stereocenters. The minimum Gasteiger partial charge on any atom is -0.497 e. The number of nitrogens with zero attached hydrogens (tertiary/aromatic N) is 2. The van der Waals surface area contributed by atoms with Crippen molar-refractivity contribution in [2.24, 2.45) is 5.92 Å². The van der Waals surface area contributed by atoms with Crippen molar-refractivity contribution in [2.45, 2.75) is 32.2 Å². The number of rotatable bonds is 4. The van der Waals surface area contributed by atoms with E-state index in [1.807, 2.05) is 31.2 Å². The van der Waals surface area contributed by atoms with E-state index in [1.54, 1.807) is 7.11 Å². The topological polar surface area (TPSA) is 90.8 Å². The average Bonchev–Trinajstić information content (AvgIpc) is 3.21. The lowest BCUT2D eigenvalue weighted by atomic mass is 10.1. The highest BCUT2D eigenvalue weighted by Gasteiger charge is 2.27. The number of H-pyrrole nitrogens is 1. The average molecular weight is 324 g/mol. The summed E-state index contributed by atoms with van der Waals surface area (Å²) >= 11 is 0. The Hall–Kier alpha value is -2.81. The van der Waals surface area contributed by atoms with Gasteiger partial charge in [-0.15, -0.1) is 0 Å². The first kappa shape index (κ1) is 16.1.